The van der Waals surface area contributed by atoms with Crippen molar-refractivity contribution in [2.24, 2.45) is 0 Å². The Balaban J connectivity index is 1.51. The summed E-state index contributed by atoms with van der Waals surface area (Å²) in [6.45, 7) is 0.460. The average Bonchev–Trinajstić information content (AvgIpc) is 3.02. The molecule has 4 rings (SSSR count). The van der Waals surface area contributed by atoms with Gasteiger partial charge in [-0.05, 0) is 54.9 Å². The van der Waals surface area contributed by atoms with E-state index in [1.165, 1.54) is 6.42 Å². The summed E-state index contributed by atoms with van der Waals surface area (Å²) in [4.78, 5) is 14.8. The van der Waals surface area contributed by atoms with Gasteiger partial charge in [-0.3, -0.25) is 9.69 Å². The van der Waals surface area contributed by atoms with Gasteiger partial charge in [0.1, 0.15) is 18.1 Å². The summed E-state index contributed by atoms with van der Waals surface area (Å²) in [5, 5.41) is 3.63. The summed E-state index contributed by atoms with van der Waals surface area (Å²) in [5.74, 6) is 0.698. The van der Waals surface area contributed by atoms with Gasteiger partial charge in [0.15, 0.2) is 5.11 Å². The fourth-order valence-electron chi connectivity index (χ4n) is 3.85. The molecular weight excluding hydrogens is 448 g/mol. The molecule has 0 unspecified atom stereocenters. The first-order chi connectivity index (χ1) is 14.1. The van der Waals surface area contributed by atoms with Crippen LogP contribution < -0.4 is 10.1 Å². The van der Waals surface area contributed by atoms with Crippen molar-refractivity contribution >= 4 is 45.2 Å². The van der Waals surface area contributed by atoms with Crippen LogP contribution in [0.1, 0.15) is 43.2 Å². The van der Waals surface area contributed by atoms with Gasteiger partial charge in [-0.1, -0.05) is 65.5 Å². The highest BCUT2D eigenvalue weighted by atomic mass is 79.9. The molecule has 0 radical (unpaired) electrons. The molecule has 0 spiro atoms. The predicted molar refractivity (Wildman–Crippen MR) is 122 cm³/mol. The number of amides is 1. The molecule has 29 heavy (non-hydrogen) atoms. The number of halogens is 1. The van der Waals surface area contributed by atoms with Crippen LogP contribution in [-0.2, 0) is 11.4 Å². The number of rotatable bonds is 5. The molecule has 1 heterocycles. The highest BCUT2D eigenvalue weighted by Gasteiger charge is 2.36. The third-order valence-corrected chi connectivity index (χ3v) is 6.20. The second kappa shape index (κ2) is 9.09. The number of hydrogen-bond acceptors (Lipinski definition) is 3. The maximum Gasteiger partial charge on any atom is 0.276 e. The van der Waals surface area contributed by atoms with Crippen LogP contribution in [0.4, 0.5) is 0 Å². The first-order valence-electron chi connectivity index (χ1n) is 9.94. The van der Waals surface area contributed by atoms with E-state index in [2.05, 4.69) is 21.2 Å². The molecule has 6 heteroatoms. The minimum Gasteiger partial charge on any atom is -0.488 e. The van der Waals surface area contributed by atoms with Gasteiger partial charge in [-0.15, -0.1) is 0 Å². The molecule has 1 N–H and O–H groups in total. The average molecular weight is 471 g/mol. The van der Waals surface area contributed by atoms with E-state index in [4.69, 9.17) is 17.0 Å². The Bertz CT molecular complexity index is 936. The van der Waals surface area contributed by atoms with Crippen LogP contribution in [-0.4, -0.2) is 22.0 Å². The van der Waals surface area contributed by atoms with Crippen molar-refractivity contribution in [3.05, 3.63) is 69.8 Å². The molecule has 1 aliphatic carbocycles. The van der Waals surface area contributed by atoms with Crippen LogP contribution in [0, 0.1) is 0 Å². The third-order valence-electron chi connectivity index (χ3n) is 5.38. The fraction of sp³-hybridized carbons (Fsp3) is 0.304. The van der Waals surface area contributed by atoms with E-state index in [-0.39, 0.29) is 11.9 Å². The van der Waals surface area contributed by atoms with E-state index in [1.54, 1.807) is 4.90 Å². The fourth-order valence-corrected chi connectivity index (χ4v) is 4.45. The maximum absolute atomic E-state index is 13.0. The number of carbonyl (C=O) groups is 1. The Morgan fingerprint density at radius 1 is 1.10 bits per heavy atom. The Morgan fingerprint density at radius 2 is 1.83 bits per heavy atom. The summed E-state index contributed by atoms with van der Waals surface area (Å²) >= 11 is 8.91. The zero-order valence-electron chi connectivity index (χ0n) is 16.1. The van der Waals surface area contributed by atoms with E-state index in [9.17, 15) is 4.79 Å². The number of ether oxygens (including phenoxy) is 1. The monoisotopic (exact) mass is 470 g/mol. The highest BCUT2D eigenvalue weighted by Crippen LogP contribution is 2.28. The standard InChI is InChI=1S/C23H23BrN2O2S/c24-18-12-10-16(11-13-18)15-28-21-9-5-4-6-17(21)14-20-22(27)26(23(29)25-20)19-7-2-1-3-8-19/h4-6,9-14,19H,1-3,7-8,15H2,(H,25,29)/b20-14-. The van der Waals surface area contributed by atoms with Crippen molar-refractivity contribution in [3.63, 3.8) is 0 Å². The molecule has 2 aliphatic rings. The van der Waals surface area contributed by atoms with Gasteiger partial charge in [0.25, 0.3) is 5.91 Å². The summed E-state index contributed by atoms with van der Waals surface area (Å²) in [7, 11) is 0. The van der Waals surface area contributed by atoms with Gasteiger partial charge >= 0.3 is 0 Å². The Hall–Kier alpha value is -2.18. The largest absolute Gasteiger partial charge is 0.488 e. The summed E-state index contributed by atoms with van der Waals surface area (Å²) in [5.41, 5.74) is 2.45. The summed E-state index contributed by atoms with van der Waals surface area (Å²) < 4.78 is 7.07. The molecule has 0 atom stereocenters. The van der Waals surface area contributed by atoms with Crippen molar-refractivity contribution in [3.8, 4) is 5.75 Å². The number of carbonyl (C=O) groups excluding carboxylic acids is 1. The maximum atomic E-state index is 13.0. The van der Waals surface area contributed by atoms with Crippen LogP contribution in [0.15, 0.2) is 58.7 Å². The summed E-state index contributed by atoms with van der Waals surface area (Å²) in [6, 6.07) is 16.0. The molecule has 0 aromatic heterocycles. The van der Waals surface area contributed by atoms with Crippen LogP contribution in [0.2, 0.25) is 0 Å². The Labute approximate surface area is 185 Å². The molecule has 2 fully saturated rings. The Kier molecular flexibility index (Phi) is 6.31. The van der Waals surface area contributed by atoms with Gasteiger partial charge in [-0.2, -0.15) is 0 Å². The van der Waals surface area contributed by atoms with Crippen molar-refractivity contribution in [2.75, 3.05) is 0 Å². The van der Waals surface area contributed by atoms with Crippen molar-refractivity contribution in [2.45, 2.75) is 44.8 Å². The zero-order valence-corrected chi connectivity index (χ0v) is 18.5. The summed E-state index contributed by atoms with van der Waals surface area (Å²) in [6.07, 6.45) is 7.44. The first-order valence-corrected chi connectivity index (χ1v) is 11.1. The lowest BCUT2D eigenvalue weighted by molar-refractivity contribution is -0.124. The second-order valence-electron chi connectivity index (χ2n) is 7.41. The van der Waals surface area contributed by atoms with Crippen molar-refractivity contribution < 1.29 is 9.53 Å². The normalized spacial score (nSPS) is 18.9. The lowest BCUT2D eigenvalue weighted by Crippen LogP contribution is -2.41. The topological polar surface area (TPSA) is 41.6 Å². The minimum atomic E-state index is -0.0374. The van der Waals surface area contributed by atoms with Gasteiger partial charge in [0.05, 0.1) is 0 Å². The predicted octanol–water partition coefficient (Wildman–Crippen LogP) is 5.42. The molecule has 2 aromatic rings. The van der Waals surface area contributed by atoms with Crippen LogP contribution >= 0.6 is 28.1 Å². The molecule has 0 bridgehead atoms. The molecule has 1 amide bonds. The quantitative estimate of drug-likeness (QED) is 0.467. The van der Waals surface area contributed by atoms with E-state index >= 15 is 0 Å². The zero-order chi connectivity index (χ0) is 20.2. The molecule has 4 nitrogen and oxygen atoms in total. The number of para-hydroxylation sites is 1. The number of nitrogens with zero attached hydrogens (tertiary/aromatic N) is 1. The SMILES string of the molecule is O=C1/C(=C/c2ccccc2OCc2ccc(Br)cc2)NC(=S)N1C1CCCCC1. The molecular formula is C23H23BrN2O2S. The van der Waals surface area contributed by atoms with Crippen molar-refractivity contribution in [1.82, 2.24) is 10.2 Å². The van der Waals surface area contributed by atoms with Crippen LogP contribution in [0.5, 0.6) is 5.75 Å². The minimum absolute atomic E-state index is 0.0374. The van der Waals surface area contributed by atoms with Crippen molar-refractivity contribution in [1.29, 1.82) is 0 Å². The van der Waals surface area contributed by atoms with E-state index in [1.807, 2.05) is 54.6 Å². The van der Waals surface area contributed by atoms with Crippen LogP contribution in [0.25, 0.3) is 6.08 Å². The number of nitrogens with one attached hydrogen (secondary N) is 1. The highest BCUT2D eigenvalue weighted by molar-refractivity contribution is 9.10. The van der Waals surface area contributed by atoms with E-state index in [0.29, 0.717) is 17.4 Å². The van der Waals surface area contributed by atoms with Gasteiger partial charge in [0, 0.05) is 16.1 Å². The second-order valence-corrected chi connectivity index (χ2v) is 8.71. The lowest BCUT2D eigenvalue weighted by atomic mass is 9.94. The molecule has 1 saturated carbocycles. The molecule has 1 aliphatic heterocycles. The first kappa shape index (κ1) is 20.1. The smallest absolute Gasteiger partial charge is 0.276 e. The Morgan fingerprint density at radius 3 is 2.59 bits per heavy atom. The molecule has 1 saturated heterocycles. The van der Waals surface area contributed by atoms with Gasteiger partial charge in [0.2, 0.25) is 0 Å². The van der Waals surface area contributed by atoms with Gasteiger partial charge < -0.3 is 10.1 Å². The lowest BCUT2D eigenvalue weighted by Gasteiger charge is -2.29. The number of benzene rings is 2. The molecule has 2 aromatic carbocycles. The molecule has 150 valence electrons. The third kappa shape index (κ3) is 4.70. The van der Waals surface area contributed by atoms with Crippen LogP contribution in [0.3, 0.4) is 0 Å². The van der Waals surface area contributed by atoms with E-state index < -0.39 is 0 Å². The van der Waals surface area contributed by atoms with Gasteiger partial charge in [-0.25, -0.2) is 0 Å². The number of hydrogen-bond donors (Lipinski definition) is 1. The number of thiocarbonyl (C=S) groups is 1. The van der Waals surface area contributed by atoms with E-state index in [0.717, 1.165) is 47.0 Å².